The Balaban J connectivity index is 2.75. The summed E-state index contributed by atoms with van der Waals surface area (Å²) >= 11 is 11.7. The zero-order valence-electron chi connectivity index (χ0n) is 10.1. The highest BCUT2D eigenvalue weighted by Gasteiger charge is 2.34. The fourth-order valence-electron chi connectivity index (χ4n) is 1.67. The molecule has 0 atom stereocenters. The third-order valence-corrected chi connectivity index (χ3v) is 3.16. The lowest BCUT2D eigenvalue weighted by Crippen LogP contribution is -2.11. The average Bonchev–Trinajstić information content (AvgIpc) is 2.39. The minimum atomic E-state index is -4.70. The van der Waals surface area contributed by atoms with Crippen LogP contribution in [0.3, 0.4) is 0 Å². The normalized spacial score (nSPS) is 11.5. The molecule has 0 saturated heterocycles. The molecule has 0 aliphatic carbocycles. The quantitative estimate of drug-likeness (QED) is 0.859. The molecule has 2 rings (SSSR count). The maximum atomic E-state index is 12.7. The second-order valence-electron chi connectivity index (χ2n) is 4.02. The first-order chi connectivity index (χ1) is 9.70. The molecule has 110 valence electrons. The van der Waals surface area contributed by atoms with E-state index in [-0.39, 0.29) is 21.3 Å². The summed E-state index contributed by atoms with van der Waals surface area (Å²) in [7, 11) is 0. The van der Waals surface area contributed by atoms with Crippen LogP contribution in [0.25, 0.3) is 11.3 Å². The van der Waals surface area contributed by atoms with E-state index < -0.39 is 23.4 Å². The van der Waals surface area contributed by atoms with Gasteiger partial charge in [0.05, 0.1) is 16.3 Å². The fraction of sp³-hybridized carbons (Fsp3) is 0.0769. The Morgan fingerprint density at radius 2 is 1.81 bits per heavy atom. The summed E-state index contributed by atoms with van der Waals surface area (Å²) in [6.45, 7) is 0. The van der Waals surface area contributed by atoms with Crippen molar-refractivity contribution in [3.63, 3.8) is 0 Å². The van der Waals surface area contributed by atoms with Gasteiger partial charge < -0.3 is 5.11 Å². The van der Waals surface area contributed by atoms with Crippen molar-refractivity contribution in [3.05, 3.63) is 51.6 Å². The predicted molar refractivity (Wildman–Crippen MR) is 71.7 cm³/mol. The molecule has 1 aromatic carbocycles. The van der Waals surface area contributed by atoms with Crippen molar-refractivity contribution in [2.75, 3.05) is 0 Å². The summed E-state index contributed by atoms with van der Waals surface area (Å²) in [6.07, 6.45) is -4.70. The van der Waals surface area contributed by atoms with E-state index in [0.717, 1.165) is 6.07 Å². The summed E-state index contributed by atoms with van der Waals surface area (Å²) in [5.41, 5.74) is -1.97. The largest absolute Gasteiger partial charge is 0.478 e. The van der Waals surface area contributed by atoms with Gasteiger partial charge in [0.1, 0.15) is 5.69 Å². The first-order valence-corrected chi connectivity index (χ1v) is 6.22. The molecule has 3 nitrogen and oxygen atoms in total. The van der Waals surface area contributed by atoms with Gasteiger partial charge in [0.2, 0.25) is 0 Å². The molecule has 0 unspecified atom stereocenters. The van der Waals surface area contributed by atoms with Gasteiger partial charge in [-0.05, 0) is 30.3 Å². The molecule has 0 amide bonds. The van der Waals surface area contributed by atoms with Gasteiger partial charge in [-0.25, -0.2) is 9.78 Å². The van der Waals surface area contributed by atoms with Gasteiger partial charge in [-0.1, -0.05) is 23.2 Å². The molecular weight excluding hydrogens is 330 g/mol. The van der Waals surface area contributed by atoms with Gasteiger partial charge >= 0.3 is 12.1 Å². The van der Waals surface area contributed by atoms with E-state index in [2.05, 4.69) is 4.98 Å². The molecule has 21 heavy (non-hydrogen) atoms. The molecule has 8 heteroatoms. The van der Waals surface area contributed by atoms with Gasteiger partial charge in [0.25, 0.3) is 0 Å². The Morgan fingerprint density at radius 1 is 1.14 bits per heavy atom. The minimum absolute atomic E-state index is 0.0210. The predicted octanol–water partition coefficient (Wildman–Crippen LogP) is 4.77. The van der Waals surface area contributed by atoms with E-state index in [1.165, 1.54) is 18.2 Å². The Kier molecular flexibility index (Phi) is 4.11. The third kappa shape index (κ3) is 3.28. The Labute approximate surface area is 126 Å². The molecule has 0 fully saturated rings. The maximum Gasteiger partial charge on any atom is 0.433 e. The summed E-state index contributed by atoms with van der Waals surface area (Å²) in [5, 5.41) is 9.33. The number of aromatic nitrogens is 1. The van der Waals surface area contributed by atoms with Crippen molar-refractivity contribution in [2.24, 2.45) is 0 Å². The second-order valence-corrected chi connectivity index (χ2v) is 4.86. The van der Waals surface area contributed by atoms with Gasteiger partial charge in [0.15, 0.2) is 0 Å². The van der Waals surface area contributed by atoms with Crippen molar-refractivity contribution in [3.8, 4) is 11.3 Å². The number of carboxylic acids is 1. The molecule has 0 saturated carbocycles. The Bertz CT molecular complexity index is 717. The van der Waals surface area contributed by atoms with Crippen molar-refractivity contribution >= 4 is 29.2 Å². The number of halogens is 5. The SMILES string of the molecule is O=C(O)c1ccc(C(F)(F)F)nc1-c1cc(Cl)ccc1Cl. The molecule has 0 bridgehead atoms. The van der Waals surface area contributed by atoms with E-state index in [1.807, 2.05) is 0 Å². The van der Waals surface area contributed by atoms with Crippen LogP contribution < -0.4 is 0 Å². The van der Waals surface area contributed by atoms with Crippen LogP contribution >= 0.6 is 23.2 Å². The van der Waals surface area contributed by atoms with Crippen LogP contribution in [0.5, 0.6) is 0 Å². The number of carboxylic acid groups (broad SMARTS) is 1. The number of alkyl halides is 3. The smallest absolute Gasteiger partial charge is 0.433 e. The molecular formula is C13H6Cl2F3NO2. The first kappa shape index (κ1) is 15.6. The molecule has 0 aliphatic rings. The maximum absolute atomic E-state index is 12.7. The van der Waals surface area contributed by atoms with E-state index in [4.69, 9.17) is 28.3 Å². The zero-order valence-corrected chi connectivity index (χ0v) is 11.6. The van der Waals surface area contributed by atoms with Crippen molar-refractivity contribution in [1.29, 1.82) is 0 Å². The lowest BCUT2D eigenvalue weighted by molar-refractivity contribution is -0.141. The van der Waals surface area contributed by atoms with Crippen LogP contribution in [0.2, 0.25) is 10.0 Å². The number of aromatic carboxylic acids is 1. The Morgan fingerprint density at radius 3 is 2.38 bits per heavy atom. The number of carbonyl (C=O) groups is 1. The van der Waals surface area contributed by atoms with Gasteiger partial charge in [-0.15, -0.1) is 0 Å². The number of hydrogen-bond donors (Lipinski definition) is 1. The van der Waals surface area contributed by atoms with E-state index in [0.29, 0.717) is 6.07 Å². The number of hydrogen-bond acceptors (Lipinski definition) is 2. The van der Waals surface area contributed by atoms with Crippen LogP contribution in [0.1, 0.15) is 16.1 Å². The standard InChI is InChI=1S/C13H6Cl2F3NO2/c14-6-1-3-9(15)8(5-6)11-7(12(20)21)2-4-10(19-11)13(16,17)18/h1-5H,(H,20,21). The second kappa shape index (κ2) is 5.54. The molecule has 1 aromatic heterocycles. The van der Waals surface area contributed by atoms with Crippen molar-refractivity contribution < 1.29 is 23.1 Å². The average molecular weight is 336 g/mol. The van der Waals surface area contributed by atoms with E-state index in [1.54, 1.807) is 0 Å². The van der Waals surface area contributed by atoms with Crippen molar-refractivity contribution in [1.82, 2.24) is 4.98 Å². The fourth-order valence-corrected chi connectivity index (χ4v) is 2.05. The number of benzene rings is 1. The molecule has 0 radical (unpaired) electrons. The van der Waals surface area contributed by atoms with Gasteiger partial charge in [0, 0.05) is 10.6 Å². The lowest BCUT2D eigenvalue weighted by atomic mass is 10.0. The number of rotatable bonds is 2. The monoisotopic (exact) mass is 335 g/mol. The van der Waals surface area contributed by atoms with Crippen LogP contribution in [-0.4, -0.2) is 16.1 Å². The topological polar surface area (TPSA) is 50.2 Å². The highest BCUT2D eigenvalue weighted by Crippen LogP contribution is 2.35. The van der Waals surface area contributed by atoms with Gasteiger partial charge in [-0.3, -0.25) is 0 Å². The molecule has 2 aromatic rings. The highest BCUT2D eigenvalue weighted by molar-refractivity contribution is 6.35. The van der Waals surface area contributed by atoms with Crippen LogP contribution in [0.15, 0.2) is 30.3 Å². The number of nitrogens with zero attached hydrogens (tertiary/aromatic N) is 1. The van der Waals surface area contributed by atoms with Crippen LogP contribution in [0, 0.1) is 0 Å². The minimum Gasteiger partial charge on any atom is -0.478 e. The molecule has 1 heterocycles. The molecule has 1 N–H and O–H groups in total. The van der Waals surface area contributed by atoms with E-state index >= 15 is 0 Å². The summed E-state index contributed by atoms with van der Waals surface area (Å²) in [6, 6.07) is 5.49. The summed E-state index contributed by atoms with van der Waals surface area (Å²) < 4.78 is 38.2. The van der Waals surface area contributed by atoms with E-state index in [9.17, 15) is 18.0 Å². The lowest BCUT2D eigenvalue weighted by Gasteiger charge is -2.12. The molecule has 0 spiro atoms. The number of pyridine rings is 1. The van der Waals surface area contributed by atoms with Crippen LogP contribution in [0.4, 0.5) is 13.2 Å². The van der Waals surface area contributed by atoms with Gasteiger partial charge in [-0.2, -0.15) is 13.2 Å². The van der Waals surface area contributed by atoms with Crippen LogP contribution in [-0.2, 0) is 6.18 Å². The zero-order chi connectivity index (χ0) is 15.8. The first-order valence-electron chi connectivity index (χ1n) is 5.47. The Hall–Kier alpha value is -1.79. The molecule has 0 aliphatic heterocycles. The summed E-state index contributed by atoms with van der Waals surface area (Å²) in [4.78, 5) is 14.5. The van der Waals surface area contributed by atoms with Crippen molar-refractivity contribution in [2.45, 2.75) is 6.18 Å². The highest BCUT2D eigenvalue weighted by atomic mass is 35.5. The summed E-state index contributed by atoms with van der Waals surface area (Å²) in [5.74, 6) is -1.41. The third-order valence-electron chi connectivity index (χ3n) is 2.60.